The summed E-state index contributed by atoms with van der Waals surface area (Å²) in [7, 11) is 2.16. The molecule has 8 rings (SSSR count). The van der Waals surface area contributed by atoms with Crippen molar-refractivity contribution in [1.29, 1.82) is 0 Å². The predicted octanol–water partition coefficient (Wildman–Crippen LogP) is 8.02. The van der Waals surface area contributed by atoms with E-state index in [0.29, 0.717) is 34.8 Å². The molecule has 0 aromatic rings. The highest BCUT2D eigenvalue weighted by Crippen LogP contribution is 2.71. The number of primary amides is 1. The van der Waals surface area contributed by atoms with E-state index in [1.54, 1.807) is 0 Å². The summed E-state index contributed by atoms with van der Waals surface area (Å²) in [6, 6.07) is 0.153. The van der Waals surface area contributed by atoms with E-state index in [1.165, 1.54) is 83.5 Å². The zero-order valence-electron chi connectivity index (χ0n) is 31.6. The van der Waals surface area contributed by atoms with Gasteiger partial charge in [0.25, 0.3) is 0 Å². The van der Waals surface area contributed by atoms with E-state index in [0.717, 1.165) is 94.7 Å². The molecule has 3 aliphatic heterocycles. The van der Waals surface area contributed by atoms with Crippen molar-refractivity contribution in [2.24, 2.45) is 58.0 Å². The van der Waals surface area contributed by atoms with Crippen molar-refractivity contribution in [2.75, 3.05) is 52.9 Å². The Kier molecular flexibility index (Phi) is 10.6. The number of fused-ring (bicyclic) bond motifs is 7. The topological polar surface area (TPSA) is 71.3 Å². The lowest BCUT2D eigenvalue weighted by Gasteiger charge is -2.61. The van der Waals surface area contributed by atoms with Gasteiger partial charge in [-0.25, -0.2) is 4.79 Å². The minimum atomic E-state index is -0.250. The van der Waals surface area contributed by atoms with Gasteiger partial charge in [0.05, 0.1) is 12.7 Å². The van der Waals surface area contributed by atoms with Gasteiger partial charge in [0.15, 0.2) is 5.79 Å². The van der Waals surface area contributed by atoms with Gasteiger partial charge < -0.3 is 25.0 Å². The van der Waals surface area contributed by atoms with E-state index in [-0.39, 0.29) is 13.2 Å². The third-order valence-electron chi connectivity index (χ3n) is 16.4. The van der Waals surface area contributed by atoms with Gasteiger partial charge in [-0.3, -0.25) is 4.90 Å². The highest BCUT2D eigenvalue weighted by atomic mass is 16.7. The van der Waals surface area contributed by atoms with Crippen LogP contribution in [0.1, 0.15) is 132 Å². The first-order valence-corrected chi connectivity index (χ1v) is 20.8. The van der Waals surface area contributed by atoms with Gasteiger partial charge in [0, 0.05) is 59.1 Å². The maximum atomic E-state index is 11.6. The minimum absolute atomic E-state index is 0. The third-order valence-corrected chi connectivity index (χ3v) is 16.4. The molecular weight excluding hydrogens is 596 g/mol. The molecule has 3 heterocycles. The second kappa shape index (κ2) is 14.3. The molecule has 5 saturated carbocycles. The third kappa shape index (κ3) is 6.51. The zero-order valence-corrected chi connectivity index (χ0v) is 31.6. The average Bonchev–Trinajstić information content (AvgIpc) is 3.53. The average molecular weight is 671 g/mol. The molecule has 48 heavy (non-hydrogen) atoms. The lowest BCUT2D eigenvalue weighted by molar-refractivity contribution is -0.273. The quantitative estimate of drug-likeness (QED) is 0.328. The van der Waals surface area contributed by atoms with Crippen LogP contribution in [0.2, 0.25) is 0 Å². The summed E-state index contributed by atoms with van der Waals surface area (Å²) in [6.07, 6.45) is 22.2. The monoisotopic (exact) mass is 671 g/mol. The van der Waals surface area contributed by atoms with Gasteiger partial charge in [-0.2, -0.15) is 0 Å². The van der Waals surface area contributed by atoms with E-state index in [9.17, 15) is 4.79 Å². The van der Waals surface area contributed by atoms with Crippen LogP contribution in [-0.2, 0) is 9.47 Å². The summed E-state index contributed by atoms with van der Waals surface area (Å²) in [5, 5.41) is 0. The number of hydrogen-bond acceptors (Lipinski definition) is 5. The molecule has 5 aliphatic carbocycles. The number of amides is 2. The molecule has 11 atom stereocenters. The van der Waals surface area contributed by atoms with Crippen LogP contribution in [0.5, 0.6) is 0 Å². The molecule has 2 N–H and O–H groups in total. The Hall–Kier alpha value is -0.890. The number of ether oxygens (including phenoxy) is 2. The number of likely N-dealkylation sites (N-methyl/N-ethyl adjacent to an activating group) is 1. The summed E-state index contributed by atoms with van der Waals surface area (Å²) in [5.74, 6) is 5.62. The minimum Gasteiger partial charge on any atom is -0.351 e. The van der Waals surface area contributed by atoms with Gasteiger partial charge in [-0.1, -0.05) is 59.8 Å². The van der Waals surface area contributed by atoms with Crippen LogP contribution in [0.3, 0.4) is 0 Å². The summed E-state index contributed by atoms with van der Waals surface area (Å²) >= 11 is 0. The smallest absolute Gasteiger partial charge is 0.315 e. The van der Waals surface area contributed by atoms with Crippen molar-refractivity contribution < 1.29 is 15.7 Å². The molecule has 8 fully saturated rings. The van der Waals surface area contributed by atoms with Crippen LogP contribution in [0, 0.1) is 52.3 Å². The molecule has 1 unspecified atom stereocenters. The number of nitrogens with two attached hydrogens (primary N) is 1. The van der Waals surface area contributed by atoms with Crippen molar-refractivity contribution >= 4 is 6.03 Å². The molecule has 7 heteroatoms. The molecule has 7 nitrogen and oxygen atoms in total. The fourth-order valence-electron chi connectivity index (χ4n) is 13.5. The van der Waals surface area contributed by atoms with Crippen molar-refractivity contribution in [3.8, 4) is 0 Å². The molecule has 0 aromatic heterocycles. The first-order chi connectivity index (χ1) is 23.0. The maximum Gasteiger partial charge on any atom is 0.315 e. The number of piperazine rings is 1. The summed E-state index contributed by atoms with van der Waals surface area (Å²) < 4.78 is 13.4. The fourth-order valence-corrected chi connectivity index (χ4v) is 13.5. The second-order valence-electron chi connectivity index (χ2n) is 18.9. The van der Waals surface area contributed by atoms with Gasteiger partial charge in [0.2, 0.25) is 0 Å². The summed E-state index contributed by atoms with van der Waals surface area (Å²) in [4.78, 5) is 18.4. The number of hydrogen-bond donors (Lipinski definition) is 1. The fraction of sp³-hybridized carbons (Fsp3) is 0.976. The number of urea groups is 1. The lowest BCUT2D eigenvalue weighted by atomic mass is 9.44. The van der Waals surface area contributed by atoms with Crippen LogP contribution in [0.15, 0.2) is 0 Å². The Morgan fingerprint density at radius 1 is 0.854 bits per heavy atom. The Morgan fingerprint density at radius 2 is 1.60 bits per heavy atom. The van der Waals surface area contributed by atoms with Gasteiger partial charge in [-0.05, 0) is 118 Å². The first kappa shape index (κ1) is 35.5. The number of carbonyl (C=O) groups excluding carboxylic acids is 1. The van der Waals surface area contributed by atoms with Crippen LogP contribution < -0.4 is 5.73 Å². The van der Waals surface area contributed by atoms with Crippen molar-refractivity contribution in [3.63, 3.8) is 0 Å². The van der Waals surface area contributed by atoms with Gasteiger partial charge in [-0.15, -0.1) is 0 Å². The summed E-state index contributed by atoms with van der Waals surface area (Å²) in [5.41, 5.74) is 6.70. The van der Waals surface area contributed by atoms with E-state index < -0.39 is 0 Å². The van der Waals surface area contributed by atoms with Crippen molar-refractivity contribution in [2.45, 2.75) is 148 Å². The highest BCUT2D eigenvalue weighted by molar-refractivity contribution is 5.72. The molecule has 0 radical (unpaired) electrons. The molecule has 0 aromatic carbocycles. The standard InChI is InChI=1S/C27H44O2.C14H28N4O.H2/c1-17-10-14-27(28-16-17)18(2)24-23(29-27)15-22-20-9-8-19-7-5-6-12-25(19,3)21(20)11-13-26(22,24)4;1-16-7-9-17(10-8-16)11-12-18(14(15)19)13-5-3-2-4-6-13;/h17-24H,5-16H2,1-4H3;13H,2-12H2,1H3,(H2,15,19);1H/t17?,18-,19-,20+,21-,22-,23-,24-,25-,26-,27+;;/m0../s1. The van der Waals surface area contributed by atoms with E-state index in [4.69, 9.17) is 15.2 Å². The van der Waals surface area contributed by atoms with Gasteiger partial charge in [0.1, 0.15) is 0 Å². The second-order valence-corrected chi connectivity index (χ2v) is 18.9. The predicted molar refractivity (Wildman–Crippen MR) is 196 cm³/mol. The van der Waals surface area contributed by atoms with E-state index in [2.05, 4.69) is 44.5 Å². The molecule has 276 valence electrons. The van der Waals surface area contributed by atoms with Gasteiger partial charge >= 0.3 is 6.03 Å². The molecule has 3 saturated heterocycles. The molecule has 1 spiro atoms. The van der Waals surface area contributed by atoms with E-state index in [1.807, 2.05) is 4.90 Å². The van der Waals surface area contributed by atoms with Crippen molar-refractivity contribution in [1.82, 2.24) is 14.7 Å². The number of rotatable bonds is 4. The van der Waals surface area contributed by atoms with Crippen LogP contribution >= 0.6 is 0 Å². The first-order valence-electron chi connectivity index (χ1n) is 20.8. The largest absolute Gasteiger partial charge is 0.351 e. The molecular formula is C41H74N4O3. The van der Waals surface area contributed by atoms with Crippen molar-refractivity contribution in [3.05, 3.63) is 0 Å². The zero-order chi connectivity index (χ0) is 33.7. The van der Waals surface area contributed by atoms with Crippen LogP contribution in [0.4, 0.5) is 4.79 Å². The number of nitrogens with zero attached hydrogens (tertiary/aromatic N) is 3. The number of carbonyl (C=O) groups is 1. The van der Waals surface area contributed by atoms with Crippen LogP contribution in [-0.4, -0.2) is 91.6 Å². The summed E-state index contributed by atoms with van der Waals surface area (Å²) in [6.45, 7) is 17.3. The Morgan fingerprint density at radius 3 is 2.31 bits per heavy atom. The lowest BCUT2D eigenvalue weighted by Crippen LogP contribution is -2.54. The normalized spacial score (nSPS) is 46.5. The molecule has 0 bridgehead atoms. The van der Waals surface area contributed by atoms with Crippen LogP contribution in [0.25, 0.3) is 0 Å². The Labute approximate surface area is 295 Å². The molecule has 2 amide bonds. The SMILES string of the molecule is CC1CC[C@@]2(OC1)O[C@H]1C[C@H]3[C@@H]4CC[C@@H]5CCCC[C@]5(C)[C@H]4CC[C@]3(C)[C@H]1[C@@H]2C.CN1CCN(CCN(C(N)=O)C2CCCCC2)CC1.[HH]. The Balaban J connectivity index is 0.000000183. The molecule has 8 aliphatic rings. The van der Waals surface area contributed by atoms with E-state index >= 15 is 0 Å². The highest BCUT2D eigenvalue weighted by Gasteiger charge is 2.69. The Bertz CT molecular complexity index is 1100. The maximum absolute atomic E-state index is 11.6.